The Hall–Kier alpha value is -5.28. The van der Waals surface area contributed by atoms with E-state index in [1.165, 1.54) is 0 Å². The number of epoxide rings is 1. The zero-order valence-electron chi connectivity index (χ0n) is 26.3. The molecule has 0 aromatic heterocycles. The minimum absolute atomic E-state index is 0.0326. The van der Waals surface area contributed by atoms with Crippen LogP contribution >= 0.6 is 0 Å². The summed E-state index contributed by atoms with van der Waals surface area (Å²) in [6.45, 7) is 2.02. The lowest BCUT2D eigenvalue weighted by Gasteiger charge is -2.26. The van der Waals surface area contributed by atoms with Gasteiger partial charge in [0.2, 0.25) is 11.8 Å². The Bertz CT molecular complexity index is 1630. The van der Waals surface area contributed by atoms with Crippen LogP contribution in [0.5, 0.6) is 0 Å². The average Bonchev–Trinajstić information content (AvgIpc) is 3.86. The number of hydrogen-bond donors (Lipinski definition) is 3. The summed E-state index contributed by atoms with van der Waals surface area (Å²) in [5, 5.41) is 8.46. The summed E-state index contributed by atoms with van der Waals surface area (Å²) in [5.74, 6) is -1.32. The van der Waals surface area contributed by atoms with Gasteiger partial charge in [-0.1, -0.05) is 121 Å². The fourth-order valence-corrected chi connectivity index (χ4v) is 5.25. The average molecular weight is 634 g/mol. The molecule has 4 atom stereocenters. The minimum Gasteiger partial charge on any atom is -0.445 e. The third kappa shape index (κ3) is 9.85. The SMILES string of the molecule is CC1(C(=O)C(Cc2ccccc2)NC(=O)[C@H](Cc2ccccc2)NC(=O)[C@@H](Cc2ccccc2)NC(=O)OCc2ccccc2)CO1. The predicted octanol–water partition coefficient (Wildman–Crippen LogP) is 4.34. The van der Waals surface area contributed by atoms with Gasteiger partial charge in [-0.15, -0.1) is 0 Å². The Labute approximate surface area is 274 Å². The van der Waals surface area contributed by atoms with Gasteiger partial charge in [0, 0.05) is 12.8 Å². The lowest BCUT2D eigenvalue weighted by Crippen LogP contribution is -2.58. The Morgan fingerprint density at radius 1 is 0.596 bits per heavy atom. The molecule has 1 saturated heterocycles. The Morgan fingerprint density at radius 3 is 1.38 bits per heavy atom. The molecule has 3 N–H and O–H groups in total. The highest BCUT2D eigenvalue weighted by atomic mass is 16.6. The van der Waals surface area contributed by atoms with Gasteiger partial charge in [-0.3, -0.25) is 14.4 Å². The van der Waals surface area contributed by atoms with Crippen molar-refractivity contribution < 1.29 is 28.7 Å². The summed E-state index contributed by atoms with van der Waals surface area (Å²) >= 11 is 0. The Kier molecular flexibility index (Phi) is 11.1. The molecular formula is C38H39N3O6. The van der Waals surface area contributed by atoms with Crippen LogP contribution in [-0.4, -0.2) is 54.0 Å². The number of carbonyl (C=O) groups excluding carboxylic acids is 4. The van der Waals surface area contributed by atoms with Gasteiger partial charge in [0.1, 0.15) is 24.3 Å². The predicted molar refractivity (Wildman–Crippen MR) is 177 cm³/mol. The molecule has 0 bridgehead atoms. The second kappa shape index (κ2) is 15.8. The smallest absolute Gasteiger partial charge is 0.408 e. The summed E-state index contributed by atoms with van der Waals surface area (Å²) in [6.07, 6.45) is -0.172. The van der Waals surface area contributed by atoms with Crippen LogP contribution in [0, 0.1) is 0 Å². The van der Waals surface area contributed by atoms with Crippen molar-refractivity contribution in [3.05, 3.63) is 144 Å². The van der Waals surface area contributed by atoms with E-state index in [1.54, 1.807) is 6.92 Å². The quantitative estimate of drug-likeness (QED) is 0.167. The zero-order valence-corrected chi connectivity index (χ0v) is 26.3. The highest BCUT2D eigenvalue weighted by Crippen LogP contribution is 2.29. The molecule has 9 heteroatoms. The van der Waals surface area contributed by atoms with E-state index >= 15 is 0 Å². The lowest BCUT2D eigenvalue weighted by atomic mass is 9.94. The van der Waals surface area contributed by atoms with Crippen LogP contribution in [0.4, 0.5) is 4.79 Å². The van der Waals surface area contributed by atoms with Crippen LogP contribution in [-0.2, 0) is 49.7 Å². The number of benzene rings is 4. The second-order valence-corrected chi connectivity index (χ2v) is 11.8. The van der Waals surface area contributed by atoms with E-state index in [0.29, 0.717) is 0 Å². The summed E-state index contributed by atoms with van der Waals surface area (Å²) in [7, 11) is 0. The maximum absolute atomic E-state index is 14.0. The molecule has 5 rings (SSSR count). The van der Waals surface area contributed by atoms with Gasteiger partial charge in [-0.2, -0.15) is 0 Å². The molecule has 47 heavy (non-hydrogen) atoms. The summed E-state index contributed by atoms with van der Waals surface area (Å²) in [6, 6.07) is 34.2. The Morgan fingerprint density at radius 2 is 0.957 bits per heavy atom. The van der Waals surface area contributed by atoms with E-state index in [0.717, 1.165) is 22.3 Å². The molecule has 2 unspecified atom stereocenters. The maximum Gasteiger partial charge on any atom is 0.408 e. The van der Waals surface area contributed by atoms with Crippen LogP contribution in [0.1, 0.15) is 29.2 Å². The summed E-state index contributed by atoms with van der Waals surface area (Å²) < 4.78 is 10.8. The van der Waals surface area contributed by atoms with Gasteiger partial charge in [-0.25, -0.2) is 4.79 Å². The van der Waals surface area contributed by atoms with Gasteiger partial charge >= 0.3 is 6.09 Å². The highest BCUT2D eigenvalue weighted by Gasteiger charge is 2.50. The molecule has 1 heterocycles. The molecule has 1 fully saturated rings. The molecular weight excluding hydrogens is 594 g/mol. The first-order valence-electron chi connectivity index (χ1n) is 15.7. The molecule has 0 aliphatic carbocycles. The number of ether oxygens (including phenoxy) is 2. The van der Waals surface area contributed by atoms with Gasteiger partial charge in [0.25, 0.3) is 0 Å². The van der Waals surface area contributed by atoms with Gasteiger partial charge < -0.3 is 25.4 Å². The monoisotopic (exact) mass is 633 g/mol. The van der Waals surface area contributed by atoms with E-state index in [-0.39, 0.29) is 38.3 Å². The molecule has 4 aromatic rings. The lowest BCUT2D eigenvalue weighted by molar-refractivity contribution is -0.133. The number of carbonyl (C=O) groups is 4. The van der Waals surface area contributed by atoms with E-state index in [4.69, 9.17) is 9.47 Å². The molecule has 3 amide bonds. The molecule has 0 spiro atoms. The van der Waals surface area contributed by atoms with Crippen molar-refractivity contribution in [1.29, 1.82) is 0 Å². The molecule has 9 nitrogen and oxygen atoms in total. The van der Waals surface area contributed by atoms with Gasteiger partial charge in [0.05, 0.1) is 12.6 Å². The standard InChI is InChI=1S/C38H39N3O6/c1-38(26-47-38)34(42)31(22-27-14-6-2-7-15-27)39-35(43)32(23-28-16-8-3-9-17-28)40-36(44)33(24-29-18-10-4-11-19-29)41-37(45)46-25-30-20-12-5-13-21-30/h2-21,31-33H,22-26H2,1H3,(H,39,43)(H,40,44)(H,41,45)/t31?,32-,33+,38?/m0/s1. The fraction of sp³-hybridized carbons (Fsp3) is 0.263. The third-order valence-electron chi connectivity index (χ3n) is 8.03. The van der Waals surface area contributed by atoms with Crippen LogP contribution in [0.15, 0.2) is 121 Å². The zero-order chi connectivity index (χ0) is 33.1. The summed E-state index contributed by atoms with van der Waals surface area (Å²) in [5.41, 5.74) is 2.34. The first-order valence-corrected chi connectivity index (χ1v) is 15.7. The maximum atomic E-state index is 14.0. The molecule has 242 valence electrons. The molecule has 0 radical (unpaired) electrons. The first kappa shape index (κ1) is 33.1. The van der Waals surface area contributed by atoms with Crippen molar-refractivity contribution >= 4 is 23.7 Å². The van der Waals surface area contributed by atoms with Gasteiger partial charge in [-0.05, 0) is 35.6 Å². The number of Topliss-reactive ketones (excluding diaryl/α,β-unsaturated/α-hetero) is 1. The molecule has 1 aliphatic heterocycles. The van der Waals surface area contributed by atoms with Crippen molar-refractivity contribution in [2.75, 3.05) is 6.61 Å². The topological polar surface area (TPSA) is 126 Å². The number of nitrogens with one attached hydrogen (secondary N) is 3. The van der Waals surface area contributed by atoms with Crippen LogP contribution in [0.25, 0.3) is 0 Å². The van der Waals surface area contributed by atoms with Crippen LogP contribution in [0.3, 0.4) is 0 Å². The molecule has 4 aromatic carbocycles. The van der Waals surface area contributed by atoms with Crippen molar-refractivity contribution in [2.45, 2.75) is 56.5 Å². The van der Waals surface area contributed by atoms with E-state index in [9.17, 15) is 19.2 Å². The van der Waals surface area contributed by atoms with Crippen molar-refractivity contribution in [3.8, 4) is 0 Å². The number of alkyl carbamates (subject to hydrolysis) is 1. The van der Waals surface area contributed by atoms with Crippen molar-refractivity contribution in [1.82, 2.24) is 16.0 Å². The van der Waals surface area contributed by atoms with E-state index in [2.05, 4.69) is 16.0 Å². The second-order valence-electron chi connectivity index (χ2n) is 11.8. The Balaban J connectivity index is 1.34. The highest BCUT2D eigenvalue weighted by molar-refractivity contribution is 5.98. The number of ketones is 1. The van der Waals surface area contributed by atoms with Crippen molar-refractivity contribution in [2.24, 2.45) is 0 Å². The van der Waals surface area contributed by atoms with Crippen LogP contribution < -0.4 is 16.0 Å². The normalized spacial score (nSPS) is 17.0. The molecule has 1 aliphatic rings. The largest absolute Gasteiger partial charge is 0.445 e. The number of amides is 3. The van der Waals surface area contributed by atoms with Crippen molar-refractivity contribution in [3.63, 3.8) is 0 Å². The minimum atomic E-state index is -1.05. The van der Waals surface area contributed by atoms with E-state index in [1.807, 2.05) is 121 Å². The number of rotatable bonds is 15. The van der Waals surface area contributed by atoms with Gasteiger partial charge in [0.15, 0.2) is 5.78 Å². The first-order chi connectivity index (χ1) is 22.8. The fourth-order valence-electron chi connectivity index (χ4n) is 5.25. The molecule has 0 saturated carbocycles. The third-order valence-corrected chi connectivity index (χ3v) is 8.03. The van der Waals surface area contributed by atoms with E-state index < -0.39 is 41.6 Å². The van der Waals surface area contributed by atoms with Crippen LogP contribution in [0.2, 0.25) is 0 Å². The summed E-state index contributed by atoms with van der Waals surface area (Å²) in [4.78, 5) is 54.2. The number of hydrogen-bond acceptors (Lipinski definition) is 6.